The van der Waals surface area contributed by atoms with E-state index in [2.05, 4.69) is 31.0 Å². The molecule has 2 aromatic carbocycles. The number of thioether (sulfide) groups is 1. The van der Waals surface area contributed by atoms with E-state index >= 15 is 0 Å². The molecule has 1 amide bonds. The Morgan fingerprint density at radius 1 is 1.26 bits per heavy atom. The van der Waals surface area contributed by atoms with Gasteiger partial charge in [-0.1, -0.05) is 47.6 Å². The second kappa shape index (κ2) is 9.06. The molecule has 0 aliphatic heterocycles. The van der Waals surface area contributed by atoms with Crippen LogP contribution in [0.25, 0.3) is 0 Å². The second-order valence-corrected chi connectivity index (χ2v) is 6.56. The number of nitrogens with one attached hydrogen (secondary N) is 3. The van der Waals surface area contributed by atoms with Gasteiger partial charge in [-0.2, -0.15) is 10.1 Å². The number of hydrogen-bond acceptors (Lipinski definition) is 7. The van der Waals surface area contributed by atoms with Crippen molar-refractivity contribution < 1.29 is 9.90 Å². The van der Waals surface area contributed by atoms with Gasteiger partial charge in [0.1, 0.15) is 5.75 Å². The van der Waals surface area contributed by atoms with Crippen LogP contribution >= 0.6 is 23.4 Å². The maximum atomic E-state index is 12.0. The summed E-state index contributed by atoms with van der Waals surface area (Å²) >= 11 is 7.17. The summed E-state index contributed by atoms with van der Waals surface area (Å²) < 4.78 is 0. The lowest BCUT2D eigenvalue weighted by atomic mass is 10.2. The molecule has 0 saturated carbocycles. The van der Waals surface area contributed by atoms with Crippen LogP contribution in [0, 0.1) is 0 Å². The highest BCUT2D eigenvalue weighted by molar-refractivity contribution is 7.99. The summed E-state index contributed by atoms with van der Waals surface area (Å²) in [5, 5.41) is 23.9. The van der Waals surface area contributed by atoms with Crippen LogP contribution in [-0.2, 0) is 4.79 Å². The monoisotopic (exact) mass is 402 g/mol. The molecule has 0 fully saturated rings. The summed E-state index contributed by atoms with van der Waals surface area (Å²) in [5.41, 5.74) is 3.79. The average Bonchev–Trinajstić information content (AvgIpc) is 3.11. The SMILES string of the molecule is O=C(CSc1n[nH]c(N/N=C/c2ccccc2O)n1)Nc1ccccc1Cl. The molecule has 0 spiro atoms. The quantitative estimate of drug-likeness (QED) is 0.273. The van der Waals surface area contributed by atoms with Crippen molar-refractivity contribution in [2.75, 3.05) is 16.5 Å². The van der Waals surface area contributed by atoms with Gasteiger partial charge in [-0.05, 0) is 24.3 Å². The number of para-hydroxylation sites is 2. The Bertz CT molecular complexity index is 962. The number of nitrogens with zero attached hydrogens (tertiary/aromatic N) is 3. The fraction of sp³-hybridized carbons (Fsp3) is 0.0588. The minimum Gasteiger partial charge on any atom is -0.507 e. The van der Waals surface area contributed by atoms with E-state index in [9.17, 15) is 9.90 Å². The zero-order valence-electron chi connectivity index (χ0n) is 13.9. The van der Waals surface area contributed by atoms with E-state index in [0.717, 1.165) is 0 Å². The fourth-order valence-electron chi connectivity index (χ4n) is 2.00. The zero-order valence-corrected chi connectivity index (χ0v) is 15.5. The number of aromatic hydroxyl groups is 1. The molecule has 27 heavy (non-hydrogen) atoms. The molecule has 0 saturated heterocycles. The predicted octanol–water partition coefficient (Wildman–Crippen LogP) is 3.34. The van der Waals surface area contributed by atoms with E-state index in [1.54, 1.807) is 48.5 Å². The summed E-state index contributed by atoms with van der Waals surface area (Å²) in [5.74, 6) is 0.353. The van der Waals surface area contributed by atoms with Crippen LogP contribution in [-0.4, -0.2) is 38.2 Å². The van der Waals surface area contributed by atoms with Gasteiger partial charge in [-0.3, -0.25) is 4.79 Å². The molecule has 0 atom stereocenters. The minimum atomic E-state index is -0.218. The van der Waals surface area contributed by atoms with Crippen LogP contribution in [0.5, 0.6) is 5.75 Å². The fourth-order valence-corrected chi connectivity index (χ4v) is 2.78. The van der Waals surface area contributed by atoms with E-state index in [4.69, 9.17) is 11.6 Å². The van der Waals surface area contributed by atoms with Gasteiger partial charge in [0.15, 0.2) is 0 Å². The van der Waals surface area contributed by atoms with E-state index in [-0.39, 0.29) is 17.4 Å². The number of hydrogen-bond donors (Lipinski definition) is 4. The Morgan fingerprint density at radius 2 is 2.04 bits per heavy atom. The first-order valence-electron chi connectivity index (χ1n) is 7.78. The molecule has 8 nitrogen and oxygen atoms in total. The highest BCUT2D eigenvalue weighted by atomic mass is 35.5. The summed E-state index contributed by atoms with van der Waals surface area (Å²) in [6, 6.07) is 13.8. The molecule has 3 rings (SSSR count). The number of aromatic nitrogens is 3. The van der Waals surface area contributed by atoms with Crippen molar-refractivity contribution in [1.82, 2.24) is 15.2 Å². The summed E-state index contributed by atoms with van der Waals surface area (Å²) in [6.45, 7) is 0. The number of amides is 1. The van der Waals surface area contributed by atoms with Crippen LogP contribution in [0.3, 0.4) is 0 Å². The number of hydrazone groups is 1. The van der Waals surface area contributed by atoms with Crippen LogP contribution in [0.2, 0.25) is 5.02 Å². The van der Waals surface area contributed by atoms with Crippen LogP contribution in [0.4, 0.5) is 11.6 Å². The van der Waals surface area contributed by atoms with Gasteiger partial charge in [0.25, 0.3) is 0 Å². The molecule has 4 N–H and O–H groups in total. The standard InChI is InChI=1S/C17H15ClN6O2S/c18-12-6-2-3-7-13(12)20-15(26)10-27-17-21-16(23-24-17)22-19-9-11-5-1-4-8-14(11)25/h1-9,25H,10H2,(H,20,26)(H2,21,22,23,24)/b19-9+. The number of halogens is 1. The summed E-state index contributed by atoms with van der Waals surface area (Å²) in [6.07, 6.45) is 1.46. The first-order valence-corrected chi connectivity index (χ1v) is 9.15. The van der Waals surface area contributed by atoms with Gasteiger partial charge in [0, 0.05) is 5.56 Å². The molecule has 0 bridgehead atoms. The number of carbonyl (C=O) groups is 1. The number of rotatable bonds is 7. The third kappa shape index (κ3) is 5.47. The maximum absolute atomic E-state index is 12.0. The number of benzene rings is 2. The Morgan fingerprint density at radius 3 is 2.85 bits per heavy atom. The molecule has 0 aliphatic rings. The molecule has 1 heterocycles. The second-order valence-electron chi connectivity index (χ2n) is 5.21. The Kier molecular flexibility index (Phi) is 6.29. The molecule has 1 aromatic heterocycles. The Hall–Kier alpha value is -3.04. The van der Waals surface area contributed by atoms with Crippen LogP contribution in [0.1, 0.15) is 5.56 Å². The van der Waals surface area contributed by atoms with Gasteiger partial charge >= 0.3 is 0 Å². The van der Waals surface area contributed by atoms with Gasteiger partial charge in [0.05, 0.1) is 22.7 Å². The van der Waals surface area contributed by atoms with Crippen molar-refractivity contribution in [1.29, 1.82) is 0 Å². The summed E-state index contributed by atoms with van der Waals surface area (Å²) in [4.78, 5) is 16.1. The molecular formula is C17H15ClN6O2S. The smallest absolute Gasteiger partial charge is 0.240 e. The van der Waals surface area contributed by atoms with E-state index < -0.39 is 0 Å². The zero-order chi connectivity index (χ0) is 19.1. The Labute approximate surface area is 164 Å². The predicted molar refractivity (Wildman–Crippen MR) is 107 cm³/mol. The lowest BCUT2D eigenvalue weighted by Gasteiger charge is -2.05. The number of phenolic OH excluding ortho intramolecular Hbond substituents is 1. The van der Waals surface area contributed by atoms with Gasteiger partial charge < -0.3 is 10.4 Å². The van der Waals surface area contributed by atoms with Gasteiger partial charge in [0.2, 0.25) is 17.0 Å². The van der Waals surface area contributed by atoms with Crippen LogP contribution < -0.4 is 10.7 Å². The largest absolute Gasteiger partial charge is 0.507 e. The van der Waals surface area contributed by atoms with Crippen LogP contribution in [0.15, 0.2) is 58.8 Å². The van der Waals surface area contributed by atoms with Crippen molar-refractivity contribution in [2.45, 2.75) is 5.16 Å². The molecule has 138 valence electrons. The van der Waals surface area contributed by atoms with E-state index in [0.29, 0.717) is 27.4 Å². The van der Waals surface area contributed by atoms with Crippen molar-refractivity contribution in [3.05, 3.63) is 59.1 Å². The van der Waals surface area contributed by atoms with Gasteiger partial charge in [-0.15, -0.1) is 5.10 Å². The van der Waals surface area contributed by atoms with Crippen molar-refractivity contribution in [3.63, 3.8) is 0 Å². The summed E-state index contributed by atoms with van der Waals surface area (Å²) in [7, 11) is 0. The Balaban J connectivity index is 1.48. The highest BCUT2D eigenvalue weighted by Crippen LogP contribution is 2.21. The number of anilines is 2. The normalized spacial score (nSPS) is 10.9. The lowest BCUT2D eigenvalue weighted by molar-refractivity contribution is -0.113. The highest BCUT2D eigenvalue weighted by Gasteiger charge is 2.09. The van der Waals surface area contributed by atoms with E-state index in [1.165, 1.54) is 18.0 Å². The number of phenols is 1. The molecular weight excluding hydrogens is 388 g/mol. The van der Waals surface area contributed by atoms with Crippen molar-refractivity contribution >= 4 is 47.1 Å². The third-order valence-corrected chi connectivity index (χ3v) is 4.43. The first-order chi connectivity index (χ1) is 13.1. The topological polar surface area (TPSA) is 115 Å². The third-order valence-electron chi connectivity index (χ3n) is 3.26. The van der Waals surface area contributed by atoms with Crippen molar-refractivity contribution in [2.24, 2.45) is 5.10 Å². The van der Waals surface area contributed by atoms with E-state index in [1.807, 2.05) is 0 Å². The number of aromatic amines is 1. The van der Waals surface area contributed by atoms with Crippen molar-refractivity contribution in [3.8, 4) is 5.75 Å². The molecule has 3 aromatic rings. The number of H-pyrrole nitrogens is 1. The maximum Gasteiger partial charge on any atom is 0.240 e. The van der Waals surface area contributed by atoms with Gasteiger partial charge in [-0.25, -0.2) is 10.5 Å². The minimum absolute atomic E-state index is 0.126. The molecule has 0 unspecified atom stereocenters. The average molecular weight is 403 g/mol. The molecule has 0 radical (unpaired) electrons. The number of carbonyl (C=O) groups excluding carboxylic acids is 1. The molecule has 0 aliphatic carbocycles. The lowest BCUT2D eigenvalue weighted by Crippen LogP contribution is -2.14. The first kappa shape index (κ1) is 18.7. The molecule has 10 heteroatoms.